The van der Waals surface area contributed by atoms with Crippen LogP contribution in [0.15, 0.2) is 30.3 Å². The molecular weight excluding hydrogens is 292 g/mol. The van der Waals surface area contributed by atoms with Crippen LogP contribution in [0.3, 0.4) is 0 Å². The van der Waals surface area contributed by atoms with Crippen molar-refractivity contribution in [3.8, 4) is 0 Å². The van der Waals surface area contributed by atoms with Crippen molar-refractivity contribution in [3.05, 3.63) is 35.9 Å². The summed E-state index contributed by atoms with van der Waals surface area (Å²) in [5.41, 5.74) is 0.943. The topological polar surface area (TPSA) is 58.6 Å². The number of hydrogen-bond donors (Lipinski definition) is 1. The molecule has 23 heavy (non-hydrogen) atoms. The smallest absolute Gasteiger partial charge is 0.410 e. The fourth-order valence-corrected chi connectivity index (χ4v) is 2.66. The molecule has 0 saturated carbocycles. The summed E-state index contributed by atoms with van der Waals surface area (Å²) < 4.78 is 5.34. The monoisotopic (exact) mass is 318 g/mol. The molecule has 1 heterocycles. The van der Waals surface area contributed by atoms with Crippen LogP contribution in [0.25, 0.3) is 0 Å². The maximum atomic E-state index is 12.3. The van der Waals surface area contributed by atoms with E-state index in [9.17, 15) is 9.59 Å². The Kier molecular flexibility index (Phi) is 6.44. The van der Waals surface area contributed by atoms with Gasteiger partial charge in [0.05, 0.1) is 0 Å². The Bertz CT molecular complexity index is 516. The molecule has 0 spiro atoms. The van der Waals surface area contributed by atoms with E-state index < -0.39 is 12.1 Å². The Balaban J connectivity index is 1.82. The van der Waals surface area contributed by atoms with Crippen LogP contribution in [0.2, 0.25) is 0 Å². The Hall–Kier alpha value is -2.04. The van der Waals surface area contributed by atoms with E-state index in [4.69, 9.17) is 4.74 Å². The fourth-order valence-electron chi connectivity index (χ4n) is 2.66. The normalized spacial score (nSPS) is 17.3. The average molecular weight is 318 g/mol. The lowest BCUT2D eigenvalue weighted by Crippen LogP contribution is -2.46. The van der Waals surface area contributed by atoms with Crippen molar-refractivity contribution in [1.29, 1.82) is 0 Å². The molecule has 1 fully saturated rings. The third-order valence-electron chi connectivity index (χ3n) is 4.02. The molecule has 2 rings (SSSR count). The van der Waals surface area contributed by atoms with Gasteiger partial charge in [0.15, 0.2) is 0 Å². The van der Waals surface area contributed by atoms with Crippen molar-refractivity contribution < 1.29 is 14.3 Å². The van der Waals surface area contributed by atoms with Crippen molar-refractivity contribution in [2.24, 2.45) is 5.92 Å². The fraction of sp³-hybridized carbons (Fsp3) is 0.556. The van der Waals surface area contributed by atoms with Crippen molar-refractivity contribution >= 4 is 12.0 Å². The van der Waals surface area contributed by atoms with Gasteiger partial charge in [0.25, 0.3) is 0 Å². The van der Waals surface area contributed by atoms with Gasteiger partial charge in [0, 0.05) is 13.1 Å². The van der Waals surface area contributed by atoms with Crippen molar-refractivity contribution in [1.82, 2.24) is 10.2 Å². The summed E-state index contributed by atoms with van der Waals surface area (Å²) in [7, 11) is 0. The third-order valence-corrected chi connectivity index (χ3v) is 4.02. The van der Waals surface area contributed by atoms with Crippen molar-refractivity contribution in [2.75, 3.05) is 13.1 Å². The lowest BCUT2D eigenvalue weighted by molar-refractivity contribution is -0.125. The van der Waals surface area contributed by atoms with E-state index in [1.54, 1.807) is 4.90 Å². The van der Waals surface area contributed by atoms with E-state index in [1.807, 2.05) is 30.3 Å². The van der Waals surface area contributed by atoms with Gasteiger partial charge in [-0.3, -0.25) is 9.69 Å². The molecule has 5 heteroatoms. The van der Waals surface area contributed by atoms with E-state index in [1.165, 1.54) is 0 Å². The standard InChI is InChI=1S/C18H26N2O3/c1-14(2)10-11-19-17(21)16-9-6-12-20(16)18(22)23-13-15-7-4-3-5-8-15/h3-5,7-8,14,16H,6,9-13H2,1-2H3,(H,19,21). The maximum absolute atomic E-state index is 12.3. The number of amides is 2. The number of benzene rings is 1. The van der Waals surface area contributed by atoms with Crippen molar-refractivity contribution in [3.63, 3.8) is 0 Å². The Morgan fingerprint density at radius 3 is 2.74 bits per heavy atom. The first-order chi connectivity index (χ1) is 11.1. The van der Waals surface area contributed by atoms with Gasteiger partial charge in [-0.15, -0.1) is 0 Å². The lowest BCUT2D eigenvalue weighted by atomic mass is 10.1. The largest absolute Gasteiger partial charge is 0.445 e. The van der Waals surface area contributed by atoms with Gasteiger partial charge >= 0.3 is 6.09 Å². The maximum Gasteiger partial charge on any atom is 0.410 e. The van der Waals surface area contributed by atoms with Crippen LogP contribution in [0.4, 0.5) is 4.79 Å². The van der Waals surface area contributed by atoms with Gasteiger partial charge < -0.3 is 10.1 Å². The first kappa shape index (κ1) is 17.3. The van der Waals surface area contributed by atoms with Crippen LogP contribution < -0.4 is 5.32 Å². The predicted molar refractivity (Wildman–Crippen MR) is 88.8 cm³/mol. The second-order valence-electron chi connectivity index (χ2n) is 6.37. The summed E-state index contributed by atoms with van der Waals surface area (Å²) >= 11 is 0. The van der Waals surface area contributed by atoms with E-state index in [0.29, 0.717) is 25.4 Å². The summed E-state index contributed by atoms with van der Waals surface area (Å²) in [6, 6.07) is 9.16. The Morgan fingerprint density at radius 1 is 1.30 bits per heavy atom. The number of ether oxygens (including phenoxy) is 1. The molecule has 2 amide bonds. The van der Waals surface area contributed by atoms with E-state index >= 15 is 0 Å². The van der Waals surface area contributed by atoms with Crippen LogP contribution in [-0.2, 0) is 16.1 Å². The SMILES string of the molecule is CC(C)CCNC(=O)C1CCCN1C(=O)OCc1ccccc1. The highest BCUT2D eigenvalue weighted by atomic mass is 16.6. The highest BCUT2D eigenvalue weighted by Gasteiger charge is 2.34. The van der Waals surface area contributed by atoms with Crippen LogP contribution in [0.5, 0.6) is 0 Å². The molecule has 1 unspecified atom stereocenters. The number of nitrogens with one attached hydrogen (secondary N) is 1. The molecule has 1 N–H and O–H groups in total. The molecule has 5 nitrogen and oxygen atoms in total. The first-order valence-electron chi connectivity index (χ1n) is 8.33. The summed E-state index contributed by atoms with van der Waals surface area (Å²) in [4.78, 5) is 26.0. The number of likely N-dealkylation sites (tertiary alicyclic amines) is 1. The molecule has 0 aliphatic carbocycles. The lowest BCUT2D eigenvalue weighted by Gasteiger charge is -2.23. The minimum atomic E-state index is -0.407. The average Bonchev–Trinajstić information content (AvgIpc) is 3.03. The molecular formula is C18H26N2O3. The number of rotatable bonds is 6. The third kappa shape index (κ3) is 5.27. The highest BCUT2D eigenvalue weighted by Crippen LogP contribution is 2.19. The summed E-state index contributed by atoms with van der Waals surface area (Å²) in [6.07, 6.45) is 2.07. The number of hydrogen-bond acceptors (Lipinski definition) is 3. The minimum Gasteiger partial charge on any atom is -0.445 e. The Labute approximate surface area is 138 Å². The van der Waals surface area contributed by atoms with Gasteiger partial charge in [-0.25, -0.2) is 4.79 Å². The van der Waals surface area contributed by atoms with Gasteiger partial charge in [-0.05, 0) is 30.7 Å². The predicted octanol–water partition coefficient (Wildman–Crippen LogP) is 2.95. The quantitative estimate of drug-likeness (QED) is 0.877. The molecule has 0 radical (unpaired) electrons. The number of nitrogens with zero attached hydrogens (tertiary/aromatic N) is 1. The van der Waals surface area contributed by atoms with Crippen molar-refractivity contribution in [2.45, 2.75) is 45.8 Å². The number of carbonyl (C=O) groups is 2. The zero-order chi connectivity index (χ0) is 16.7. The van der Waals surface area contributed by atoms with Crippen LogP contribution in [-0.4, -0.2) is 36.0 Å². The second-order valence-corrected chi connectivity index (χ2v) is 6.37. The highest BCUT2D eigenvalue weighted by molar-refractivity contribution is 5.86. The first-order valence-corrected chi connectivity index (χ1v) is 8.33. The zero-order valence-corrected chi connectivity index (χ0v) is 14.0. The summed E-state index contributed by atoms with van der Waals surface area (Å²) in [6.45, 7) is 5.71. The molecule has 1 aliphatic rings. The minimum absolute atomic E-state index is 0.0696. The molecule has 1 saturated heterocycles. The number of carbonyl (C=O) groups excluding carboxylic acids is 2. The second kappa shape index (κ2) is 8.56. The molecule has 0 bridgehead atoms. The van der Waals surface area contributed by atoms with Crippen LogP contribution in [0.1, 0.15) is 38.7 Å². The van der Waals surface area contributed by atoms with Gasteiger partial charge in [0.2, 0.25) is 5.91 Å². The molecule has 1 aliphatic heterocycles. The summed E-state index contributed by atoms with van der Waals surface area (Å²) in [5, 5.41) is 2.93. The Morgan fingerprint density at radius 2 is 2.04 bits per heavy atom. The summed E-state index contributed by atoms with van der Waals surface area (Å²) in [5.74, 6) is 0.477. The van der Waals surface area contributed by atoms with Crippen LogP contribution >= 0.6 is 0 Å². The van der Waals surface area contributed by atoms with Gasteiger partial charge in [0.1, 0.15) is 12.6 Å². The molecule has 0 aromatic heterocycles. The molecule has 1 atom stereocenters. The van der Waals surface area contributed by atoms with Gasteiger partial charge in [-0.1, -0.05) is 44.2 Å². The van der Waals surface area contributed by atoms with Gasteiger partial charge in [-0.2, -0.15) is 0 Å². The van der Waals surface area contributed by atoms with E-state index in [0.717, 1.165) is 18.4 Å². The van der Waals surface area contributed by atoms with Crippen LogP contribution in [0, 0.1) is 5.92 Å². The zero-order valence-electron chi connectivity index (χ0n) is 14.0. The van der Waals surface area contributed by atoms with E-state index in [2.05, 4.69) is 19.2 Å². The molecule has 1 aromatic rings. The molecule has 126 valence electrons. The molecule has 1 aromatic carbocycles. The van der Waals surface area contributed by atoms with E-state index in [-0.39, 0.29) is 12.5 Å².